The van der Waals surface area contributed by atoms with E-state index >= 15 is 0 Å². The van der Waals surface area contributed by atoms with Crippen LogP contribution in [0.5, 0.6) is 0 Å². The molecule has 0 atom stereocenters. The molecule has 3 aromatic carbocycles. The van der Waals surface area contributed by atoms with E-state index in [1.807, 2.05) is 74.5 Å². The maximum atomic E-state index is 13.3. The largest absolute Gasteiger partial charge is 0.341 e. The van der Waals surface area contributed by atoms with Crippen LogP contribution >= 0.6 is 11.6 Å². The normalized spacial score (nSPS) is 11.1. The van der Waals surface area contributed by atoms with Crippen molar-refractivity contribution in [2.75, 3.05) is 7.05 Å². The molecule has 0 unspecified atom stereocenters. The van der Waals surface area contributed by atoms with Crippen LogP contribution in [0.15, 0.2) is 71.5 Å². The van der Waals surface area contributed by atoms with Crippen molar-refractivity contribution < 1.29 is 4.79 Å². The molecule has 0 fully saturated rings. The molecular weight excluding hydrogens is 432 g/mol. The van der Waals surface area contributed by atoms with Crippen molar-refractivity contribution in [2.24, 2.45) is 7.05 Å². The first-order chi connectivity index (χ1) is 15.8. The molecule has 0 aliphatic carbocycles. The number of carbonyl (C=O) groups excluding carboxylic acids is 1. The highest BCUT2D eigenvalue weighted by Crippen LogP contribution is 2.32. The summed E-state index contributed by atoms with van der Waals surface area (Å²) in [5.74, 6) is -0.0784. The molecule has 5 heteroatoms. The van der Waals surface area contributed by atoms with E-state index in [9.17, 15) is 9.59 Å². The Morgan fingerprint density at radius 1 is 0.939 bits per heavy atom. The molecule has 0 saturated heterocycles. The Hall–Kier alpha value is -3.37. The number of aryl methyl sites for hydroxylation is 2. The summed E-state index contributed by atoms with van der Waals surface area (Å²) in [6.07, 6.45) is 0.111. The molecule has 33 heavy (non-hydrogen) atoms. The highest BCUT2D eigenvalue weighted by atomic mass is 35.5. The number of nitrogens with zero attached hydrogens (tertiary/aromatic N) is 2. The van der Waals surface area contributed by atoms with Crippen LogP contribution in [0.3, 0.4) is 0 Å². The number of carbonyl (C=O) groups is 1. The zero-order valence-electron chi connectivity index (χ0n) is 19.4. The summed E-state index contributed by atoms with van der Waals surface area (Å²) in [5.41, 5.74) is 5.59. The van der Waals surface area contributed by atoms with E-state index in [4.69, 9.17) is 11.6 Å². The number of rotatable bonds is 5. The third-order valence-electron chi connectivity index (χ3n) is 6.30. The molecule has 168 valence electrons. The van der Waals surface area contributed by atoms with E-state index in [1.165, 1.54) is 0 Å². The molecule has 4 rings (SSSR count). The molecule has 0 radical (unpaired) electrons. The third kappa shape index (κ3) is 4.44. The van der Waals surface area contributed by atoms with Crippen LogP contribution in [0.25, 0.3) is 21.9 Å². The van der Waals surface area contributed by atoms with Gasteiger partial charge in [-0.3, -0.25) is 9.59 Å². The van der Waals surface area contributed by atoms with E-state index in [0.717, 1.165) is 33.2 Å². The van der Waals surface area contributed by atoms with Gasteiger partial charge in [-0.05, 0) is 53.6 Å². The van der Waals surface area contributed by atoms with Crippen molar-refractivity contribution in [3.05, 3.63) is 104 Å². The topological polar surface area (TPSA) is 42.3 Å². The molecule has 0 bridgehead atoms. The molecule has 4 aromatic rings. The van der Waals surface area contributed by atoms with Crippen LogP contribution in [-0.4, -0.2) is 22.4 Å². The van der Waals surface area contributed by atoms with Crippen LogP contribution in [0.2, 0.25) is 5.02 Å². The third-order valence-corrected chi connectivity index (χ3v) is 6.67. The van der Waals surface area contributed by atoms with Crippen molar-refractivity contribution >= 4 is 28.3 Å². The number of hydrogen-bond acceptors (Lipinski definition) is 2. The monoisotopic (exact) mass is 458 g/mol. The number of hydrogen-bond donors (Lipinski definition) is 0. The van der Waals surface area contributed by atoms with Gasteiger partial charge in [0.15, 0.2) is 0 Å². The number of benzene rings is 3. The predicted molar refractivity (Wildman–Crippen MR) is 136 cm³/mol. The van der Waals surface area contributed by atoms with Gasteiger partial charge >= 0.3 is 0 Å². The summed E-state index contributed by atoms with van der Waals surface area (Å²) in [4.78, 5) is 28.3. The van der Waals surface area contributed by atoms with Crippen LogP contribution in [0.4, 0.5) is 0 Å². The first kappa shape index (κ1) is 22.8. The van der Waals surface area contributed by atoms with Gasteiger partial charge < -0.3 is 9.47 Å². The summed E-state index contributed by atoms with van der Waals surface area (Å²) in [5, 5.41) is 2.18. The van der Waals surface area contributed by atoms with Crippen LogP contribution in [0, 0.1) is 13.8 Å². The fourth-order valence-corrected chi connectivity index (χ4v) is 4.40. The van der Waals surface area contributed by atoms with Gasteiger partial charge in [0, 0.05) is 42.3 Å². The molecule has 0 aliphatic rings. The van der Waals surface area contributed by atoms with Gasteiger partial charge in [0.1, 0.15) is 0 Å². The van der Waals surface area contributed by atoms with E-state index in [2.05, 4.69) is 6.07 Å². The number of aromatic nitrogens is 1. The maximum Gasteiger partial charge on any atom is 0.258 e. The second-order valence-electron chi connectivity index (χ2n) is 8.55. The molecule has 0 N–H and O–H groups in total. The van der Waals surface area contributed by atoms with Gasteiger partial charge in [0.2, 0.25) is 5.91 Å². The Morgan fingerprint density at radius 3 is 2.21 bits per heavy atom. The summed E-state index contributed by atoms with van der Waals surface area (Å²) in [7, 11) is 3.51. The quantitative estimate of drug-likeness (QED) is 0.386. The van der Waals surface area contributed by atoms with Crippen LogP contribution < -0.4 is 5.56 Å². The Kier molecular flexibility index (Phi) is 6.39. The molecule has 0 aliphatic heterocycles. The van der Waals surface area contributed by atoms with Crippen molar-refractivity contribution in [2.45, 2.75) is 26.8 Å². The Labute approximate surface area is 199 Å². The molecule has 4 nitrogen and oxygen atoms in total. The average Bonchev–Trinajstić information content (AvgIpc) is 2.81. The smallest absolute Gasteiger partial charge is 0.258 e. The molecular formula is C28H27ClN2O2. The first-order valence-corrected chi connectivity index (χ1v) is 11.3. The van der Waals surface area contributed by atoms with Crippen molar-refractivity contribution in [3.8, 4) is 11.1 Å². The van der Waals surface area contributed by atoms with Crippen molar-refractivity contribution in [3.63, 3.8) is 0 Å². The summed E-state index contributed by atoms with van der Waals surface area (Å²) < 4.78 is 1.63. The van der Waals surface area contributed by atoms with Gasteiger partial charge in [-0.2, -0.15) is 0 Å². The van der Waals surface area contributed by atoms with E-state index in [0.29, 0.717) is 22.6 Å². The lowest BCUT2D eigenvalue weighted by Crippen LogP contribution is -2.31. The van der Waals surface area contributed by atoms with Gasteiger partial charge in [-0.1, -0.05) is 66.2 Å². The lowest BCUT2D eigenvalue weighted by molar-refractivity contribution is -0.129. The number of likely N-dealkylation sites (N-methyl/N-ethyl adjacent to an activating group) is 1. The standard InChI is InChI=1S/C28H27ClN2O2/c1-18-14-22-23(15-19(18)2)28(33)31(4)25(27(22)20-10-6-5-7-11-20)16-26(32)30(3)17-21-12-8-9-13-24(21)29/h5-15H,16-17H2,1-4H3. The number of pyridine rings is 1. The molecule has 1 aromatic heterocycles. The Morgan fingerprint density at radius 2 is 1.55 bits per heavy atom. The van der Waals surface area contributed by atoms with Gasteiger partial charge in [0.25, 0.3) is 5.56 Å². The fourth-order valence-electron chi connectivity index (χ4n) is 4.21. The highest BCUT2D eigenvalue weighted by Gasteiger charge is 2.21. The number of fused-ring (bicyclic) bond motifs is 1. The fraction of sp³-hybridized carbons (Fsp3) is 0.214. The van der Waals surface area contributed by atoms with Gasteiger partial charge in [0.05, 0.1) is 6.42 Å². The van der Waals surface area contributed by atoms with E-state index in [-0.39, 0.29) is 17.9 Å². The zero-order chi connectivity index (χ0) is 23.7. The number of amides is 1. The van der Waals surface area contributed by atoms with E-state index in [1.54, 1.807) is 23.6 Å². The van der Waals surface area contributed by atoms with Gasteiger partial charge in [-0.15, -0.1) is 0 Å². The minimum atomic E-state index is -0.0932. The van der Waals surface area contributed by atoms with Crippen LogP contribution in [-0.2, 0) is 24.8 Å². The first-order valence-electron chi connectivity index (χ1n) is 10.9. The second-order valence-corrected chi connectivity index (χ2v) is 8.96. The van der Waals surface area contributed by atoms with Crippen molar-refractivity contribution in [1.82, 2.24) is 9.47 Å². The SMILES string of the molecule is Cc1cc2c(-c3ccccc3)c(CC(=O)N(C)Cc3ccccc3Cl)n(C)c(=O)c2cc1C. The zero-order valence-corrected chi connectivity index (χ0v) is 20.1. The lowest BCUT2D eigenvalue weighted by atomic mass is 9.93. The molecule has 0 saturated carbocycles. The Balaban J connectivity index is 1.84. The summed E-state index contributed by atoms with van der Waals surface area (Å²) in [6.45, 7) is 4.46. The average molecular weight is 459 g/mol. The molecule has 1 amide bonds. The van der Waals surface area contributed by atoms with Crippen LogP contribution in [0.1, 0.15) is 22.4 Å². The lowest BCUT2D eigenvalue weighted by Gasteiger charge is -2.22. The summed E-state index contributed by atoms with van der Waals surface area (Å²) >= 11 is 6.29. The minimum Gasteiger partial charge on any atom is -0.341 e. The second kappa shape index (κ2) is 9.24. The van der Waals surface area contributed by atoms with Crippen molar-refractivity contribution in [1.29, 1.82) is 0 Å². The number of halogens is 1. The maximum absolute atomic E-state index is 13.3. The predicted octanol–water partition coefficient (Wildman–Crippen LogP) is 5.68. The molecule has 0 spiro atoms. The minimum absolute atomic E-state index is 0.0784. The van der Waals surface area contributed by atoms with Gasteiger partial charge in [-0.25, -0.2) is 0 Å². The Bertz CT molecular complexity index is 1410. The molecule has 1 heterocycles. The summed E-state index contributed by atoms with van der Waals surface area (Å²) in [6, 6.07) is 21.5. The van der Waals surface area contributed by atoms with E-state index < -0.39 is 0 Å². The highest BCUT2D eigenvalue weighted by molar-refractivity contribution is 6.31.